The normalized spacial score (nSPS) is 12.0. The van der Waals surface area contributed by atoms with E-state index in [4.69, 9.17) is 9.47 Å². The van der Waals surface area contributed by atoms with Crippen molar-refractivity contribution in [3.05, 3.63) is 54.1 Å². The van der Waals surface area contributed by atoms with E-state index in [0.717, 1.165) is 17.0 Å². The van der Waals surface area contributed by atoms with Crippen molar-refractivity contribution in [1.29, 1.82) is 0 Å². The summed E-state index contributed by atoms with van der Waals surface area (Å²) in [6.45, 7) is 0.991. The number of amides is 1. The Hall–Kier alpha value is -2.69. The summed E-state index contributed by atoms with van der Waals surface area (Å²) in [5.74, 6) is 1.37. The van der Waals surface area contributed by atoms with E-state index in [-0.39, 0.29) is 19.2 Å². The van der Waals surface area contributed by atoms with E-state index in [1.807, 2.05) is 48.5 Å². The van der Waals surface area contributed by atoms with Crippen molar-refractivity contribution >= 4 is 11.6 Å². The first-order chi connectivity index (χ1) is 10.3. The summed E-state index contributed by atoms with van der Waals surface area (Å²) in [4.78, 5) is 11.8. The van der Waals surface area contributed by atoms with E-state index in [0.29, 0.717) is 12.3 Å². The lowest BCUT2D eigenvalue weighted by atomic mass is 10.2. The molecule has 5 nitrogen and oxygen atoms in total. The Morgan fingerprint density at radius 3 is 2.71 bits per heavy atom. The van der Waals surface area contributed by atoms with Crippen LogP contribution in [0.3, 0.4) is 0 Å². The summed E-state index contributed by atoms with van der Waals surface area (Å²) >= 11 is 0. The third kappa shape index (κ3) is 3.45. The fraction of sp³-hybridized carbons (Fsp3) is 0.188. The van der Waals surface area contributed by atoms with Crippen molar-refractivity contribution in [3.8, 4) is 11.5 Å². The van der Waals surface area contributed by atoms with E-state index in [2.05, 4.69) is 10.6 Å². The second kappa shape index (κ2) is 6.17. The van der Waals surface area contributed by atoms with Gasteiger partial charge < -0.3 is 20.1 Å². The number of fused-ring (bicyclic) bond motifs is 1. The lowest BCUT2D eigenvalue weighted by Gasteiger charge is -2.08. The molecular formula is C16H16N2O3. The molecule has 0 atom stereocenters. The Bertz CT molecular complexity index is 629. The summed E-state index contributed by atoms with van der Waals surface area (Å²) in [5, 5.41) is 5.93. The van der Waals surface area contributed by atoms with Crippen LogP contribution in [0.15, 0.2) is 48.5 Å². The highest BCUT2D eigenvalue weighted by atomic mass is 16.7. The zero-order valence-electron chi connectivity index (χ0n) is 11.5. The van der Waals surface area contributed by atoms with Gasteiger partial charge in [-0.1, -0.05) is 30.3 Å². The predicted octanol–water partition coefficient (Wildman–Crippen LogP) is 2.14. The topological polar surface area (TPSA) is 59.6 Å². The molecule has 0 radical (unpaired) electrons. The molecular weight excluding hydrogens is 268 g/mol. The molecule has 0 fully saturated rings. The number of hydrogen-bond donors (Lipinski definition) is 2. The van der Waals surface area contributed by atoms with Crippen molar-refractivity contribution in [2.75, 3.05) is 18.7 Å². The van der Waals surface area contributed by atoms with Gasteiger partial charge in [-0.3, -0.25) is 4.79 Å². The second-order valence-electron chi connectivity index (χ2n) is 4.68. The van der Waals surface area contributed by atoms with Gasteiger partial charge in [-0.2, -0.15) is 0 Å². The molecule has 0 aliphatic carbocycles. The van der Waals surface area contributed by atoms with Gasteiger partial charge in [0.1, 0.15) is 0 Å². The molecule has 2 aromatic carbocycles. The molecule has 2 N–H and O–H groups in total. The minimum absolute atomic E-state index is 0.0588. The van der Waals surface area contributed by atoms with Crippen LogP contribution >= 0.6 is 0 Å². The zero-order valence-corrected chi connectivity index (χ0v) is 11.5. The number of benzene rings is 2. The minimum Gasteiger partial charge on any atom is -0.454 e. The number of carbonyl (C=O) groups excluding carboxylic acids is 1. The van der Waals surface area contributed by atoms with Crippen molar-refractivity contribution in [1.82, 2.24) is 5.32 Å². The van der Waals surface area contributed by atoms with Crippen molar-refractivity contribution in [2.45, 2.75) is 6.54 Å². The molecule has 0 bridgehead atoms. The molecule has 0 unspecified atom stereocenters. The van der Waals surface area contributed by atoms with E-state index < -0.39 is 0 Å². The van der Waals surface area contributed by atoms with Crippen LogP contribution in [0.25, 0.3) is 0 Å². The lowest BCUT2D eigenvalue weighted by molar-refractivity contribution is -0.119. The smallest absolute Gasteiger partial charge is 0.239 e. The number of rotatable bonds is 5. The maximum Gasteiger partial charge on any atom is 0.239 e. The second-order valence-corrected chi connectivity index (χ2v) is 4.68. The van der Waals surface area contributed by atoms with Gasteiger partial charge in [0.15, 0.2) is 11.5 Å². The van der Waals surface area contributed by atoms with Gasteiger partial charge in [-0.25, -0.2) is 0 Å². The molecule has 1 aliphatic rings. The molecule has 108 valence electrons. The van der Waals surface area contributed by atoms with Crippen LogP contribution in [-0.4, -0.2) is 19.2 Å². The number of ether oxygens (including phenoxy) is 2. The Labute approximate surface area is 122 Å². The van der Waals surface area contributed by atoms with Crippen molar-refractivity contribution in [2.24, 2.45) is 0 Å². The van der Waals surface area contributed by atoms with Crippen LogP contribution in [0.5, 0.6) is 11.5 Å². The quantitative estimate of drug-likeness (QED) is 0.883. The average molecular weight is 284 g/mol. The number of nitrogens with one attached hydrogen (secondary N) is 2. The van der Waals surface area contributed by atoms with Gasteiger partial charge in [0.2, 0.25) is 12.7 Å². The van der Waals surface area contributed by atoms with Gasteiger partial charge in [0.25, 0.3) is 0 Å². The Balaban J connectivity index is 1.47. The average Bonchev–Trinajstić information content (AvgIpc) is 2.99. The molecule has 0 spiro atoms. The maximum absolute atomic E-state index is 11.8. The highest BCUT2D eigenvalue weighted by Gasteiger charge is 2.13. The van der Waals surface area contributed by atoms with Crippen molar-refractivity contribution < 1.29 is 14.3 Å². The third-order valence-corrected chi connectivity index (χ3v) is 3.16. The van der Waals surface area contributed by atoms with E-state index in [1.54, 1.807) is 0 Å². The number of anilines is 1. The summed E-state index contributed by atoms with van der Waals surface area (Å²) in [6.07, 6.45) is 0. The fourth-order valence-electron chi connectivity index (χ4n) is 2.05. The first-order valence-electron chi connectivity index (χ1n) is 6.75. The summed E-state index contributed by atoms with van der Waals surface area (Å²) in [5.41, 5.74) is 1.91. The van der Waals surface area contributed by atoms with Crippen LogP contribution in [0.2, 0.25) is 0 Å². The van der Waals surface area contributed by atoms with Gasteiger partial charge in [-0.15, -0.1) is 0 Å². The molecule has 1 amide bonds. The molecule has 0 aromatic heterocycles. The maximum atomic E-state index is 11.8. The predicted molar refractivity (Wildman–Crippen MR) is 79.3 cm³/mol. The number of hydrogen-bond acceptors (Lipinski definition) is 4. The van der Waals surface area contributed by atoms with E-state index in [9.17, 15) is 4.79 Å². The fourth-order valence-corrected chi connectivity index (χ4v) is 2.05. The first kappa shape index (κ1) is 13.3. The highest BCUT2D eigenvalue weighted by molar-refractivity contribution is 5.80. The summed E-state index contributed by atoms with van der Waals surface area (Å²) in [7, 11) is 0. The zero-order chi connectivity index (χ0) is 14.5. The molecule has 1 heterocycles. The Morgan fingerprint density at radius 1 is 1.05 bits per heavy atom. The van der Waals surface area contributed by atoms with Gasteiger partial charge in [0.05, 0.1) is 6.54 Å². The largest absolute Gasteiger partial charge is 0.454 e. The van der Waals surface area contributed by atoms with Crippen molar-refractivity contribution in [3.63, 3.8) is 0 Å². The van der Waals surface area contributed by atoms with Crippen LogP contribution in [0, 0.1) is 0 Å². The van der Waals surface area contributed by atoms with Gasteiger partial charge in [-0.05, 0) is 17.7 Å². The van der Waals surface area contributed by atoms with Crippen LogP contribution < -0.4 is 20.1 Å². The summed E-state index contributed by atoms with van der Waals surface area (Å²) in [6, 6.07) is 15.3. The Morgan fingerprint density at radius 2 is 1.86 bits per heavy atom. The van der Waals surface area contributed by atoms with Crippen LogP contribution in [-0.2, 0) is 11.3 Å². The van der Waals surface area contributed by atoms with E-state index in [1.165, 1.54) is 0 Å². The molecule has 3 rings (SSSR count). The SMILES string of the molecule is O=C(CNc1ccc2c(c1)OCO2)NCc1ccccc1. The minimum atomic E-state index is -0.0588. The molecule has 1 aliphatic heterocycles. The third-order valence-electron chi connectivity index (χ3n) is 3.16. The van der Waals surface area contributed by atoms with Gasteiger partial charge >= 0.3 is 0 Å². The molecule has 2 aromatic rings. The first-order valence-corrected chi connectivity index (χ1v) is 6.75. The molecule has 5 heteroatoms. The van der Waals surface area contributed by atoms with Crippen LogP contribution in [0.1, 0.15) is 5.56 Å². The lowest BCUT2D eigenvalue weighted by Crippen LogP contribution is -2.29. The molecule has 0 saturated carbocycles. The molecule has 21 heavy (non-hydrogen) atoms. The molecule has 0 saturated heterocycles. The van der Waals surface area contributed by atoms with E-state index >= 15 is 0 Å². The van der Waals surface area contributed by atoms with Crippen LogP contribution in [0.4, 0.5) is 5.69 Å². The number of carbonyl (C=O) groups is 1. The monoisotopic (exact) mass is 284 g/mol. The van der Waals surface area contributed by atoms with Gasteiger partial charge in [0, 0.05) is 18.3 Å². The standard InChI is InChI=1S/C16H16N2O3/c19-16(18-9-12-4-2-1-3-5-12)10-17-13-6-7-14-15(8-13)21-11-20-14/h1-8,17H,9-11H2,(H,18,19). The summed E-state index contributed by atoms with van der Waals surface area (Å²) < 4.78 is 10.5. The highest BCUT2D eigenvalue weighted by Crippen LogP contribution is 2.34. The Kier molecular flexibility index (Phi) is 3.91.